The van der Waals surface area contributed by atoms with Crippen LogP contribution in [0.1, 0.15) is 0 Å². The molecule has 0 N–H and O–H groups in total. The third-order valence-corrected chi connectivity index (χ3v) is 2.94. The third kappa shape index (κ3) is 3.57. The van der Waals surface area contributed by atoms with E-state index in [-0.39, 0.29) is 26.4 Å². The number of rotatable bonds is 2. The van der Waals surface area contributed by atoms with Gasteiger partial charge in [0.2, 0.25) is 24.2 Å². The second-order valence-electron chi connectivity index (χ2n) is 4.62. The van der Waals surface area contributed by atoms with Gasteiger partial charge in [0, 0.05) is 0 Å². The molecule has 10 heteroatoms. The molecule has 0 amide bonds. The van der Waals surface area contributed by atoms with Crippen molar-refractivity contribution in [3.05, 3.63) is 23.8 Å². The second-order valence-corrected chi connectivity index (χ2v) is 4.62. The standard InChI is InChI=1S/C11H10F6O4/c12-5(7(14)15)9-18-1-11(2-19-9)3-20-10(21-4-11)6(13)8(16)17/h9-10H,1-4H2. The van der Waals surface area contributed by atoms with Crippen molar-refractivity contribution in [2.75, 3.05) is 26.4 Å². The molecule has 2 saturated heterocycles. The van der Waals surface area contributed by atoms with Crippen LogP contribution >= 0.6 is 0 Å². The van der Waals surface area contributed by atoms with Gasteiger partial charge in [0.05, 0.1) is 31.8 Å². The minimum absolute atomic E-state index is 0.269. The fourth-order valence-corrected chi connectivity index (χ4v) is 1.83. The first-order valence-corrected chi connectivity index (χ1v) is 5.72. The summed E-state index contributed by atoms with van der Waals surface area (Å²) in [5, 5.41) is 0. The third-order valence-electron chi connectivity index (χ3n) is 2.94. The van der Waals surface area contributed by atoms with E-state index in [9.17, 15) is 26.3 Å². The molecule has 0 bridgehead atoms. The summed E-state index contributed by atoms with van der Waals surface area (Å²) in [5.41, 5.74) is -0.993. The monoisotopic (exact) mass is 320 g/mol. The maximum Gasteiger partial charge on any atom is 0.306 e. The molecule has 0 unspecified atom stereocenters. The SMILES string of the molecule is FC(F)=C(F)C1OCC2(CO1)COC(C(F)=C(F)F)OC2. The predicted molar refractivity (Wildman–Crippen MR) is 54.5 cm³/mol. The van der Waals surface area contributed by atoms with Gasteiger partial charge >= 0.3 is 12.2 Å². The Labute approximate surface area is 114 Å². The Balaban J connectivity index is 1.92. The Morgan fingerprint density at radius 1 is 0.619 bits per heavy atom. The summed E-state index contributed by atoms with van der Waals surface area (Å²) in [7, 11) is 0. The zero-order chi connectivity index (χ0) is 15.6. The quantitative estimate of drug-likeness (QED) is 0.733. The van der Waals surface area contributed by atoms with Crippen LogP contribution in [0.3, 0.4) is 0 Å². The molecule has 0 aromatic carbocycles. The summed E-state index contributed by atoms with van der Waals surface area (Å²) in [4.78, 5) is 0. The highest BCUT2D eigenvalue weighted by Crippen LogP contribution is 2.34. The summed E-state index contributed by atoms with van der Waals surface area (Å²) in [6.45, 7) is -1.08. The molecule has 2 rings (SSSR count). The molecule has 0 radical (unpaired) electrons. The van der Waals surface area contributed by atoms with Crippen LogP contribution in [0.15, 0.2) is 23.8 Å². The number of ether oxygens (including phenoxy) is 4. The summed E-state index contributed by atoms with van der Waals surface area (Å²) in [6.07, 6.45) is -8.79. The van der Waals surface area contributed by atoms with E-state index in [0.29, 0.717) is 0 Å². The van der Waals surface area contributed by atoms with Crippen molar-refractivity contribution in [2.24, 2.45) is 5.41 Å². The van der Waals surface area contributed by atoms with Crippen molar-refractivity contribution in [2.45, 2.75) is 12.6 Å². The molecule has 2 heterocycles. The van der Waals surface area contributed by atoms with Crippen LogP contribution in [-0.4, -0.2) is 39.0 Å². The first-order valence-electron chi connectivity index (χ1n) is 5.72. The van der Waals surface area contributed by atoms with Crippen LogP contribution in [0.25, 0.3) is 0 Å². The van der Waals surface area contributed by atoms with Crippen LogP contribution in [0.2, 0.25) is 0 Å². The average molecular weight is 320 g/mol. The first kappa shape index (κ1) is 16.3. The van der Waals surface area contributed by atoms with Crippen LogP contribution < -0.4 is 0 Å². The lowest BCUT2D eigenvalue weighted by atomic mass is 9.91. The molecule has 21 heavy (non-hydrogen) atoms. The van der Waals surface area contributed by atoms with Gasteiger partial charge < -0.3 is 18.9 Å². The average Bonchev–Trinajstić information content (AvgIpc) is 2.47. The van der Waals surface area contributed by atoms with Crippen molar-refractivity contribution in [3.63, 3.8) is 0 Å². The molecule has 0 aromatic heterocycles. The number of hydrogen-bond acceptors (Lipinski definition) is 4. The molecule has 2 fully saturated rings. The molecule has 4 nitrogen and oxygen atoms in total. The molecule has 0 atom stereocenters. The van der Waals surface area contributed by atoms with Crippen molar-refractivity contribution >= 4 is 0 Å². The molecule has 0 saturated carbocycles. The number of halogens is 6. The normalized spacial score (nSPS) is 32.9. The van der Waals surface area contributed by atoms with Crippen molar-refractivity contribution in [1.82, 2.24) is 0 Å². The Kier molecular flexibility index (Phi) is 4.91. The molecule has 1 spiro atoms. The smallest absolute Gasteiger partial charge is 0.306 e. The van der Waals surface area contributed by atoms with Gasteiger partial charge in [-0.25, -0.2) is 8.78 Å². The van der Waals surface area contributed by atoms with E-state index in [1.807, 2.05) is 0 Å². The lowest BCUT2D eigenvalue weighted by Crippen LogP contribution is -2.52. The largest absolute Gasteiger partial charge is 0.345 e. The molecule has 0 aromatic rings. The molecular weight excluding hydrogens is 310 g/mol. The number of hydrogen-bond donors (Lipinski definition) is 0. The Bertz CT molecular complexity index is 396. The first-order chi connectivity index (χ1) is 9.84. The topological polar surface area (TPSA) is 36.9 Å². The van der Waals surface area contributed by atoms with E-state index in [4.69, 9.17) is 18.9 Å². The highest BCUT2D eigenvalue weighted by atomic mass is 19.3. The van der Waals surface area contributed by atoms with E-state index in [0.717, 1.165) is 0 Å². The molecule has 0 aliphatic carbocycles. The summed E-state index contributed by atoms with van der Waals surface area (Å²) in [6, 6.07) is 0. The fourth-order valence-electron chi connectivity index (χ4n) is 1.83. The summed E-state index contributed by atoms with van der Waals surface area (Å²) < 4.78 is 93.1. The van der Waals surface area contributed by atoms with Crippen molar-refractivity contribution in [1.29, 1.82) is 0 Å². The minimum atomic E-state index is -2.56. The van der Waals surface area contributed by atoms with Crippen molar-refractivity contribution in [3.8, 4) is 0 Å². The van der Waals surface area contributed by atoms with Crippen molar-refractivity contribution < 1.29 is 45.3 Å². The van der Waals surface area contributed by atoms with E-state index in [2.05, 4.69) is 0 Å². The maximum atomic E-state index is 12.9. The highest BCUT2D eigenvalue weighted by Gasteiger charge is 2.44. The van der Waals surface area contributed by atoms with E-state index in [1.54, 1.807) is 0 Å². The zero-order valence-electron chi connectivity index (χ0n) is 10.4. The van der Waals surface area contributed by atoms with Gasteiger partial charge in [-0.1, -0.05) is 0 Å². The van der Waals surface area contributed by atoms with Gasteiger partial charge in [-0.3, -0.25) is 0 Å². The Hall–Kier alpha value is -1.10. The molecular formula is C11H10F6O4. The van der Waals surface area contributed by atoms with Gasteiger partial charge in [0.25, 0.3) is 0 Å². The second kappa shape index (κ2) is 6.34. The fraction of sp³-hybridized carbons (Fsp3) is 0.636. The molecule has 120 valence electrons. The lowest BCUT2D eigenvalue weighted by molar-refractivity contribution is -0.293. The summed E-state index contributed by atoms with van der Waals surface area (Å²) in [5.74, 6) is -3.68. The predicted octanol–water partition coefficient (Wildman–Crippen LogP) is 2.87. The molecule has 2 aliphatic rings. The maximum absolute atomic E-state index is 12.9. The summed E-state index contributed by atoms with van der Waals surface area (Å²) >= 11 is 0. The van der Waals surface area contributed by atoms with Gasteiger partial charge in [-0.05, 0) is 0 Å². The Morgan fingerprint density at radius 2 is 0.905 bits per heavy atom. The van der Waals surface area contributed by atoms with Gasteiger partial charge in [0.15, 0.2) is 0 Å². The van der Waals surface area contributed by atoms with E-state index in [1.165, 1.54) is 0 Å². The molecule has 2 aliphatic heterocycles. The lowest BCUT2D eigenvalue weighted by Gasteiger charge is -2.42. The van der Waals surface area contributed by atoms with Gasteiger partial charge in [-0.2, -0.15) is 17.6 Å². The van der Waals surface area contributed by atoms with E-state index < -0.39 is 41.8 Å². The van der Waals surface area contributed by atoms with Crippen LogP contribution in [-0.2, 0) is 18.9 Å². The highest BCUT2D eigenvalue weighted by molar-refractivity contribution is 5.00. The van der Waals surface area contributed by atoms with Gasteiger partial charge in [-0.15, -0.1) is 0 Å². The van der Waals surface area contributed by atoms with Gasteiger partial charge in [0.1, 0.15) is 0 Å². The van der Waals surface area contributed by atoms with Crippen LogP contribution in [0.5, 0.6) is 0 Å². The zero-order valence-corrected chi connectivity index (χ0v) is 10.4. The van der Waals surface area contributed by atoms with Crippen LogP contribution in [0.4, 0.5) is 26.3 Å². The van der Waals surface area contributed by atoms with Crippen LogP contribution in [0, 0.1) is 5.41 Å². The minimum Gasteiger partial charge on any atom is -0.345 e. The van der Waals surface area contributed by atoms with E-state index >= 15 is 0 Å². The Morgan fingerprint density at radius 3 is 1.14 bits per heavy atom.